The minimum absolute atomic E-state index is 0.360. The van der Waals surface area contributed by atoms with E-state index in [1.54, 1.807) is 0 Å². The largest absolute Gasteiger partial charge is 0.352 e. The van der Waals surface area contributed by atoms with Crippen molar-refractivity contribution in [2.45, 2.75) is 44.6 Å². The molecule has 0 aromatic carbocycles. The monoisotopic (exact) mass is 248 g/mol. The molecule has 1 aliphatic heterocycles. The predicted molar refractivity (Wildman–Crippen MR) is 70.0 cm³/mol. The highest BCUT2D eigenvalue weighted by atomic mass is 16.2. The van der Waals surface area contributed by atoms with Crippen LogP contribution in [0.4, 0.5) is 0 Å². The fraction of sp³-hybridized carbons (Fsp3) is 0.933. The van der Waals surface area contributed by atoms with Crippen molar-refractivity contribution in [1.29, 1.82) is 0 Å². The Balaban J connectivity index is 1.45. The third kappa shape index (κ3) is 1.78. The van der Waals surface area contributed by atoms with Crippen LogP contribution in [-0.2, 0) is 4.79 Å². The molecule has 0 radical (unpaired) electrons. The number of nitrogens with one attached hydrogen (secondary N) is 2. The van der Waals surface area contributed by atoms with Crippen LogP contribution >= 0.6 is 0 Å². The van der Waals surface area contributed by atoms with E-state index in [0.29, 0.717) is 17.9 Å². The summed E-state index contributed by atoms with van der Waals surface area (Å²) in [5.74, 6) is 4.11. The van der Waals surface area contributed by atoms with E-state index in [1.807, 2.05) is 0 Å². The SMILES string of the molecule is O=C(N[C@H]1CCNC1)C1C2CC3CC(C2)CC1C3. The fourth-order valence-corrected chi connectivity index (χ4v) is 5.43. The minimum atomic E-state index is 0.360. The van der Waals surface area contributed by atoms with Gasteiger partial charge in [0, 0.05) is 18.5 Å². The quantitative estimate of drug-likeness (QED) is 0.778. The van der Waals surface area contributed by atoms with Gasteiger partial charge in [0.2, 0.25) is 5.91 Å². The predicted octanol–water partition coefficient (Wildman–Crippen LogP) is 1.54. The summed E-state index contributed by atoms with van der Waals surface area (Å²) in [7, 11) is 0. The topological polar surface area (TPSA) is 41.1 Å². The molecule has 4 bridgehead atoms. The summed E-state index contributed by atoms with van der Waals surface area (Å²) in [6.45, 7) is 2.03. The van der Waals surface area contributed by atoms with E-state index < -0.39 is 0 Å². The van der Waals surface area contributed by atoms with Crippen molar-refractivity contribution in [2.75, 3.05) is 13.1 Å². The molecule has 1 atom stereocenters. The van der Waals surface area contributed by atoms with Crippen LogP contribution in [0.2, 0.25) is 0 Å². The van der Waals surface area contributed by atoms with Gasteiger partial charge < -0.3 is 10.6 Å². The molecule has 2 N–H and O–H groups in total. The van der Waals surface area contributed by atoms with Crippen molar-refractivity contribution in [1.82, 2.24) is 10.6 Å². The minimum Gasteiger partial charge on any atom is -0.352 e. The van der Waals surface area contributed by atoms with Crippen LogP contribution in [0.3, 0.4) is 0 Å². The van der Waals surface area contributed by atoms with E-state index in [0.717, 1.165) is 43.2 Å². The maximum absolute atomic E-state index is 12.6. The van der Waals surface area contributed by atoms with Crippen LogP contribution in [0.15, 0.2) is 0 Å². The van der Waals surface area contributed by atoms with Gasteiger partial charge in [-0.1, -0.05) is 0 Å². The Hall–Kier alpha value is -0.570. The van der Waals surface area contributed by atoms with E-state index in [1.165, 1.54) is 32.1 Å². The average Bonchev–Trinajstić information content (AvgIpc) is 2.80. The molecule has 3 nitrogen and oxygen atoms in total. The molecule has 100 valence electrons. The Morgan fingerprint density at radius 2 is 1.67 bits per heavy atom. The molecular formula is C15H24N2O. The van der Waals surface area contributed by atoms with Crippen LogP contribution in [-0.4, -0.2) is 25.0 Å². The lowest BCUT2D eigenvalue weighted by Crippen LogP contribution is -2.52. The first kappa shape index (κ1) is 11.3. The molecule has 0 spiro atoms. The molecule has 4 saturated carbocycles. The molecule has 3 heteroatoms. The Bertz CT molecular complexity index is 320. The molecule has 0 aromatic heterocycles. The number of hydrogen-bond donors (Lipinski definition) is 2. The Kier molecular flexibility index (Phi) is 2.65. The van der Waals surface area contributed by atoms with Crippen molar-refractivity contribution in [3.05, 3.63) is 0 Å². The first-order valence-electron chi connectivity index (χ1n) is 7.80. The molecule has 5 aliphatic rings. The zero-order valence-corrected chi connectivity index (χ0v) is 11.0. The van der Waals surface area contributed by atoms with E-state index in [2.05, 4.69) is 10.6 Å². The Labute approximate surface area is 109 Å². The van der Waals surface area contributed by atoms with Crippen LogP contribution in [0.1, 0.15) is 38.5 Å². The standard InChI is InChI=1S/C15H24N2O/c18-15(17-13-1-2-16-8-13)14-11-4-9-3-10(6-11)7-12(14)5-9/h9-14,16H,1-8H2,(H,17,18)/t9?,10?,11?,12?,13-,14?/m0/s1. The summed E-state index contributed by atoms with van der Waals surface area (Å²) < 4.78 is 0. The molecule has 5 rings (SSSR count). The second kappa shape index (κ2) is 4.22. The van der Waals surface area contributed by atoms with Crippen molar-refractivity contribution in [3.63, 3.8) is 0 Å². The van der Waals surface area contributed by atoms with E-state index in [-0.39, 0.29) is 0 Å². The summed E-state index contributed by atoms with van der Waals surface area (Å²) in [5.41, 5.74) is 0. The third-order valence-electron chi connectivity index (χ3n) is 5.94. The summed E-state index contributed by atoms with van der Waals surface area (Å²) in [6.07, 6.45) is 7.94. The highest BCUT2D eigenvalue weighted by Gasteiger charge is 2.50. The van der Waals surface area contributed by atoms with Gasteiger partial charge in [0.1, 0.15) is 0 Å². The number of carbonyl (C=O) groups is 1. The Morgan fingerprint density at radius 1 is 1.00 bits per heavy atom. The van der Waals surface area contributed by atoms with Crippen LogP contribution in [0.5, 0.6) is 0 Å². The number of rotatable bonds is 2. The van der Waals surface area contributed by atoms with Crippen molar-refractivity contribution in [2.24, 2.45) is 29.6 Å². The lowest BCUT2D eigenvalue weighted by molar-refractivity contribution is -0.138. The lowest BCUT2D eigenvalue weighted by atomic mass is 9.51. The Morgan fingerprint density at radius 3 is 2.22 bits per heavy atom. The molecule has 0 aromatic rings. The smallest absolute Gasteiger partial charge is 0.223 e. The van der Waals surface area contributed by atoms with Gasteiger partial charge in [-0.2, -0.15) is 0 Å². The summed E-state index contributed by atoms with van der Waals surface area (Å²) >= 11 is 0. The van der Waals surface area contributed by atoms with E-state index >= 15 is 0 Å². The van der Waals surface area contributed by atoms with Gasteiger partial charge in [-0.15, -0.1) is 0 Å². The third-order valence-corrected chi connectivity index (χ3v) is 5.94. The molecule has 0 unspecified atom stereocenters. The highest BCUT2D eigenvalue weighted by molar-refractivity contribution is 5.80. The molecule has 1 amide bonds. The normalized spacial score (nSPS) is 49.6. The molecule has 5 fully saturated rings. The van der Waals surface area contributed by atoms with Gasteiger partial charge >= 0.3 is 0 Å². The molecule has 1 saturated heterocycles. The van der Waals surface area contributed by atoms with Crippen LogP contribution < -0.4 is 10.6 Å². The second-order valence-electron chi connectivity index (χ2n) is 7.15. The van der Waals surface area contributed by atoms with Gasteiger partial charge in [0.15, 0.2) is 0 Å². The maximum Gasteiger partial charge on any atom is 0.223 e. The number of amides is 1. The van der Waals surface area contributed by atoms with Crippen molar-refractivity contribution < 1.29 is 4.79 Å². The van der Waals surface area contributed by atoms with E-state index in [4.69, 9.17) is 0 Å². The highest BCUT2D eigenvalue weighted by Crippen LogP contribution is 2.56. The molecule has 18 heavy (non-hydrogen) atoms. The second-order valence-corrected chi connectivity index (χ2v) is 7.15. The maximum atomic E-state index is 12.6. The van der Waals surface area contributed by atoms with Gasteiger partial charge in [-0.3, -0.25) is 4.79 Å². The van der Waals surface area contributed by atoms with Crippen molar-refractivity contribution in [3.8, 4) is 0 Å². The van der Waals surface area contributed by atoms with Gasteiger partial charge in [0.05, 0.1) is 0 Å². The van der Waals surface area contributed by atoms with Crippen molar-refractivity contribution >= 4 is 5.91 Å². The first-order chi connectivity index (χ1) is 8.79. The van der Waals surface area contributed by atoms with Gasteiger partial charge in [-0.25, -0.2) is 0 Å². The van der Waals surface area contributed by atoms with Gasteiger partial charge in [0.25, 0.3) is 0 Å². The number of hydrogen-bond acceptors (Lipinski definition) is 2. The lowest BCUT2D eigenvalue weighted by Gasteiger charge is -2.53. The summed E-state index contributed by atoms with van der Waals surface area (Å²) in [4.78, 5) is 12.6. The molecular weight excluding hydrogens is 224 g/mol. The molecule has 4 aliphatic carbocycles. The number of carbonyl (C=O) groups excluding carboxylic acids is 1. The summed E-state index contributed by atoms with van der Waals surface area (Å²) in [6, 6.07) is 0.398. The molecule has 1 heterocycles. The first-order valence-corrected chi connectivity index (χ1v) is 7.80. The zero-order chi connectivity index (χ0) is 12.1. The van der Waals surface area contributed by atoms with Gasteiger partial charge in [-0.05, 0) is 68.7 Å². The summed E-state index contributed by atoms with van der Waals surface area (Å²) in [5, 5.41) is 6.64. The zero-order valence-electron chi connectivity index (χ0n) is 11.0. The van der Waals surface area contributed by atoms with Crippen LogP contribution in [0, 0.1) is 29.6 Å². The average molecular weight is 248 g/mol. The van der Waals surface area contributed by atoms with E-state index in [9.17, 15) is 4.79 Å². The fourth-order valence-electron chi connectivity index (χ4n) is 5.43. The van der Waals surface area contributed by atoms with Crippen LogP contribution in [0.25, 0.3) is 0 Å².